The average molecular weight is 288 g/mol. The van der Waals surface area contributed by atoms with Gasteiger partial charge in [0.05, 0.1) is 25.0 Å². The number of ether oxygens (including phenoxy) is 2. The smallest absolute Gasteiger partial charge is 0.196 e. The van der Waals surface area contributed by atoms with E-state index in [0.717, 1.165) is 0 Å². The van der Waals surface area contributed by atoms with Crippen LogP contribution in [0.5, 0.6) is 11.5 Å². The summed E-state index contributed by atoms with van der Waals surface area (Å²) in [5.41, 5.74) is 1.17. The lowest BCUT2D eigenvalue weighted by atomic mass is 10.0. The second-order valence-electron chi connectivity index (χ2n) is 4.47. The minimum absolute atomic E-state index is 0.0652. The predicted molar refractivity (Wildman–Crippen MR) is 80.3 cm³/mol. The van der Waals surface area contributed by atoms with E-state index in [4.69, 9.17) is 13.9 Å². The highest BCUT2D eigenvalue weighted by molar-refractivity contribution is 6.09. The SMILES string of the molecule is CCOc1ccc(C(=O)c2ccoc2CC)cc1OCC. The summed E-state index contributed by atoms with van der Waals surface area (Å²) in [6.45, 7) is 6.83. The maximum atomic E-state index is 12.6. The van der Waals surface area contributed by atoms with Crippen LogP contribution in [0.15, 0.2) is 34.9 Å². The van der Waals surface area contributed by atoms with Crippen molar-refractivity contribution in [2.24, 2.45) is 0 Å². The molecule has 0 aliphatic carbocycles. The van der Waals surface area contributed by atoms with E-state index in [1.54, 1.807) is 30.5 Å². The monoisotopic (exact) mass is 288 g/mol. The Morgan fingerprint density at radius 3 is 2.43 bits per heavy atom. The van der Waals surface area contributed by atoms with Crippen molar-refractivity contribution < 1.29 is 18.7 Å². The highest BCUT2D eigenvalue weighted by atomic mass is 16.5. The minimum atomic E-state index is -0.0652. The molecule has 1 heterocycles. The first kappa shape index (κ1) is 15.2. The topological polar surface area (TPSA) is 48.7 Å². The standard InChI is InChI=1S/C17H20O4/c1-4-14-13(9-10-21-14)17(18)12-7-8-15(19-5-2)16(11-12)20-6-3/h7-11H,4-6H2,1-3H3. The maximum absolute atomic E-state index is 12.6. The highest BCUT2D eigenvalue weighted by Crippen LogP contribution is 2.30. The number of rotatable bonds is 7. The average Bonchev–Trinajstić information content (AvgIpc) is 2.97. The Morgan fingerprint density at radius 1 is 1.05 bits per heavy atom. The second-order valence-corrected chi connectivity index (χ2v) is 4.47. The van der Waals surface area contributed by atoms with Crippen LogP contribution in [0.3, 0.4) is 0 Å². The maximum Gasteiger partial charge on any atom is 0.196 e. The fourth-order valence-corrected chi connectivity index (χ4v) is 2.16. The molecule has 2 aromatic rings. The van der Waals surface area contributed by atoms with E-state index in [1.165, 1.54) is 0 Å². The molecule has 0 amide bonds. The molecule has 0 bridgehead atoms. The summed E-state index contributed by atoms with van der Waals surface area (Å²) in [4.78, 5) is 12.6. The number of carbonyl (C=O) groups is 1. The zero-order valence-corrected chi connectivity index (χ0v) is 12.6. The molecule has 2 rings (SSSR count). The normalized spacial score (nSPS) is 10.4. The summed E-state index contributed by atoms with van der Waals surface area (Å²) in [7, 11) is 0. The van der Waals surface area contributed by atoms with Crippen LogP contribution in [0.2, 0.25) is 0 Å². The molecule has 1 aromatic heterocycles. The molecule has 4 heteroatoms. The molecule has 1 aromatic carbocycles. The molecule has 0 aliphatic heterocycles. The molecular formula is C17H20O4. The largest absolute Gasteiger partial charge is 0.490 e. The van der Waals surface area contributed by atoms with E-state index in [-0.39, 0.29) is 5.78 Å². The number of ketones is 1. The van der Waals surface area contributed by atoms with E-state index >= 15 is 0 Å². The molecule has 0 atom stereocenters. The fraction of sp³-hybridized carbons (Fsp3) is 0.353. The van der Waals surface area contributed by atoms with Crippen molar-refractivity contribution in [2.75, 3.05) is 13.2 Å². The van der Waals surface area contributed by atoms with Crippen LogP contribution in [0.4, 0.5) is 0 Å². The molecule has 4 nitrogen and oxygen atoms in total. The minimum Gasteiger partial charge on any atom is -0.490 e. The van der Waals surface area contributed by atoms with Crippen LogP contribution >= 0.6 is 0 Å². The fourth-order valence-electron chi connectivity index (χ4n) is 2.16. The molecule has 0 unspecified atom stereocenters. The molecular weight excluding hydrogens is 268 g/mol. The van der Waals surface area contributed by atoms with Gasteiger partial charge in [0.15, 0.2) is 17.3 Å². The molecule has 0 N–H and O–H groups in total. The lowest BCUT2D eigenvalue weighted by Crippen LogP contribution is -2.05. The molecule has 0 aliphatic rings. The summed E-state index contributed by atoms with van der Waals surface area (Å²) < 4.78 is 16.4. The first-order chi connectivity index (χ1) is 10.2. The third-order valence-corrected chi connectivity index (χ3v) is 3.12. The van der Waals surface area contributed by atoms with Crippen LogP contribution in [-0.4, -0.2) is 19.0 Å². The van der Waals surface area contributed by atoms with Crippen LogP contribution in [0, 0.1) is 0 Å². The molecule has 0 fully saturated rings. The van der Waals surface area contributed by atoms with Gasteiger partial charge in [0.25, 0.3) is 0 Å². The van der Waals surface area contributed by atoms with Crippen molar-refractivity contribution in [1.82, 2.24) is 0 Å². The summed E-state index contributed by atoms with van der Waals surface area (Å²) in [6, 6.07) is 6.96. The van der Waals surface area contributed by atoms with E-state index in [9.17, 15) is 4.79 Å². The Labute approximate surface area is 124 Å². The third-order valence-electron chi connectivity index (χ3n) is 3.12. The number of carbonyl (C=O) groups excluding carboxylic acids is 1. The first-order valence-electron chi connectivity index (χ1n) is 7.21. The number of benzene rings is 1. The van der Waals surface area contributed by atoms with E-state index < -0.39 is 0 Å². The molecule has 0 spiro atoms. The lowest BCUT2D eigenvalue weighted by molar-refractivity contribution is 0.103. The Bertz CT molecular complexity index is 613. The summed E-state index contributed by atoms with van der Waals surface area (Å²) in [5, 5.41) is 0. The van der Waals surface area contributed by atoms with Crippen LogP contribution < -0.4 is 9.47 Å². The van der Waals surface area contributed by atoms with Gasteiger partial charge in [-0.25, -0.2) is 0 Å². The molecule has 21 heavy (non-hydrogen) atoms. The van der Waals surface area contributed by atoms with Crippen molar-refractivity contribution in [3.8, 4) is 11.5 Å². The summed E-state index contributed by atoms with van der Waals surface area (Å²) in [5.74, 6) is 1.88. The van der Waals surface area contributed by atoms with Crippen molar-refractivity contribution in [3.05, 3.63) is 47.4 Å². The Hall–Kier alpha value is -2.23. The van der Waals surface area contributed by atoms with Gasteiger partial charge in [-0.15, -0.1) is 0 Å². The van der Waals surface area contributed by atoms with Gasteiger partial charge in [-0.1, -0.05) is 6.92 Å². The van der Waals surface area contributed by atoms with Gasteiger partial charge in [-0.2, -0.15) is 0 Å². The van der Waals surface area contributed by atoms with Crippen molar-refractivity contribution in [3.63, 3.8) is 0 Å². The van der Waals surface area contributed by atoms with Crippen LogP contribution in [-0.2, 0) is 6.42 Å². The number of furan rings is 1. The van der Waals surface area contributed by atoms with Gasteiger partial charge in [0, 0.05) is 12.0 Å². The molecule has 0 saturated heterocycles. The van der Waals surface area contributed by atoms with Crippen molar-refractivity contribution in [1.29, 1.82) is 0 Å². The number of aryl methyl sites for hydroxylation is 1. The number of hydrogen-bond acceptors (Lipinski definition) is 4. The highest BCUT2D eigenvalue weighted by Gasteiger charge is 2.17. The predicted octanol–water partition coefficient (Wildman–Crippen LogP) is 3.87. The Morgan fingerprint density at radius 2 is 1.76 bits per heavy atom. The zero-order chi connectivity index (χ0) is 15.2. The third kappa shape index (κ3) is 3.27. The van der Waals surface area contributed by atoms with Gasteiger partial charge >= 0.3 is 0 Å². The van der Waals surface area contributed by atoms with Crippen LogP contribution in [0.1, 0.15) is 42.5 Å². The lowest BCUT2D eigenvalue weighted by Gasteiger charge is -2.12. The zero-order valence-electron chi connectivity index (χ0n) is 12.6. The molecule has 0 radical (unpaired) electrons. The second kappa shape index (κ2) is 6.97. The Kier molecular flexibility index (Phi) is 5.04. The van der Waals surface area contributed by atoms with Gasteiger partial charge < -0.3 is 13.9 Å². The van der Waals surface area contributed by atoms with Gasteiger partial charge in [-0.05, 0) is 38.1 Å². The van der Waals surface area contributed by atoms with Crippen molar-refractivity contribution in [2.45, 2.75) is 27.2 Å². The van der Waals surface area contributed by atoms with Gasteiger partial charge in [-0.3, -0.25) is 4.79 Å². The van der Waals surface area contributed by atoms with E-state index in [0.29, 0.717) is 48.0 Å². The van der Waals surface area contributed by atoms with E-state index in [1.807, 2.05) is 20.8 Å². The van der Waals surface area contributed by atoms with Crippen molar-refractivity contribution >= 4 is 5.78 Å². The molecule has 0 saturated carbocycles. The molecule has 112 valence electrons. The van der Waals surface area contributed by atoms with E-state index in [2.05, 4.69) is 0 Å². The first-order valence-corrected chi connectivity index (χ1v) is 7.21. The van der Waals surface area contributed by atoms with Gasteiger partial charge in [0.1, 0.15) is 5.76 Å². The summed E-state index contributed by atoms with van der Waals surface area (Å²) in [6.07, 6.45) is 2.23. The summed E-state index contributed by atoms with van der Waals surface area (Å²) >= 11 is 0. The van der Waals surface area contributed by atoms with Crippen LogP contribution in [0.25, 0.3) is 0 Å². The quantitative estimate of drug-likeness (QED) is 0.726. The van der Waals surface area contributed by atoms with Gasteiger partial charge in [0.2, 0.25) is 0 Å². The number of hydrogen-bond donors (Lipinski definition) is 0. The Balaban J connectivity index is 2.35.